The maximum absolute atomic E-state index is 13.2. The van der Waals surface area contributed by atoms with E-state index in [9.17, 15) is 9.59 Å². The van der Waals surface area contributed by atoms with Gasteiger partial charge in [0.1, 0.15) is 5.78 Å². The number of carbonyl (C=O) groups excluding carboxylic acids is 2. The van der Waals surface area contributed by atoms with Crippen LogP contribution in [0.15, 0.2) is 0 Å². The van der Waals surface area contributed by atoms with Crippen LogP contribution in [0.5, 0.6) is 0 Å². The summed E-state index contributed by atoms with van der Waals surface area (Å²) in [5.74, 6) is 1.25. The van der Waals surface area contributed by atoms with E-state index >= 15 is 0 Å². The van der Waals surface area contributed by atoms with Gasteiger partial charge in [-0.1, -0.05) is 25.3 Å². The van der Waals surface area contributed by atoms with E-state index in [4.69, 9.17) is 0 Å². The SMILES string of the molecule is CN[C@H](C(=O)N(C1[CH-]CCCC1)C(C)(C)CC(C)=O)[C-](C)C.[Y].[Y].[Y].[Y]. The molecule has 0 bridgehead atoms. The van der Waals surface area contributed by atoms with E-state index in [1.54, 1.807) is 6.92 Å². The van der Waals surface area contributed by atoms with Crippen LogP contribution in [-0.2, 0) is 140 Å². The summed E-state index contributed by atoms with van der Waals surface area (Å²) in [6.45, 7) is 9.56. The Hall–Kier alpha value is 3.52. The molecule has 26 heavy (non-hydrogen) atoms. The molecular formula is C18H32N2O2Y4-2. The first-order chi connectivity index (χ1) is 10.2. The Bertz CT molecular complexity index is 401. The quantitative estimate of drug-likeness (QED) is 0.427. The summed E-state index contributed by atoms with van der Waals surface area (Å²) in [6.07, 6.45) is 7.01. The monoisotopic (exact) mass is 664 g/mol. The molecule has 1 saturated carbocycles. The van der Waals surface area contributed by atoms with E-state index in [-0.39, 0.29) is 155 Å². The van der Waals surface area contributed by atoms with Gasteiger partial charge in [0.15, 0.2) is 0 Å². The minimum absolute atomic E-state index is 0. The van der Waals surface area contributed by atoms with Crippen molar-refractivity contribution < 1.29 is 140 Å². The number of nitrogens with one attached hydrogen (secondary N) is 1. The first-order valence-corrected chi connectivity index (χ1v) is 8.34. The predicted octanol–water partition coefficient (Wildman–Crippen LogP) is 2.91. The molecule has 0 aromatic rings. The minimum Gasteiger partial charge on any atom is -0.365 e. The molecule has 0 spiro atoms. The fourth-order valence-electron chi connectivity index (χ4n) is 3.56. The number of likely N-dealkylation sites (N-methyl/N-ethyl adjacent to an activating group) is 1. The van der Waals surface area contributed by atoms with Gasteiger partial charge in [-0.15, -0.1) is 0 Å². The number of rotatable bonds is 7. The average molecular weight is 664 g/mol. The molecule has 4 nitrogen and oxygen atoms in total. The van der Waals surface area contributed by atoms with Crippen LogP contribution >= 0.6 is 0 Å². The number of nitrogens with zero attached hydrogens (tertiary/aromatic N) is 1. The van der Waals surface area contributed by atoms with Crippen LogP contribution in [0.4, 0.5) is 0 Å². The fraction of sp³-hybridized carbons (Fsp3) is 0.778. The van der Waals surface area contributed by atoms with E-state index in [0.29, 0.717) is 6.42 Å². The average Bonchev–Trinajstić information content (AvgIpc) is 2.38. The van der Waals surface area contributed by atoms with E-state index in [2.05, 4.69) is 11.7 Å². The van der Waals surface area contributed by atoms with E-state index in [1.165, 1.54) is 6.42 Å². The number of carbonyl (C=O) groups is 2. The van der Waals surface area contributed by atoms with Crippen molar-refractivity contribution in [2.45, 2.75) is 84.3 Å². The van der Waals surface area contributed by atoms with E-state index < -0.39 is 5.54 Å². The second-order valence-electron chi connectivity index (χ2n) is 7.29. The van der Waals surface area contributed by atoms with Crippen molar-refractivity contribution >= 4 is 11.7 Å². The second-order valence-corrected chi connectivity index (χ2v) is 7.29. The van der Waals surface area contributed by atoms with Crippen LogP contribution < -0.4 is 5.32 Å². The zero-order valence-electron chi connectivity index (χ0n) is 17.3. The molecule has 1 aliphatic rings. The second kappa shape index (κ2) is 18.1. The summed E-state index contributed by atoms with van der Waals surface area (Å²) >= 11 is 0. The van der Waals surface area contributed by atoms with Gasteiger partial charge in [-0.2, -0.15) is 20.3 Å². The molecule has 140 valence electrons. The van der Waals surface area contributed by atoms with Crippen molar-refractivity contribution in [2.24, 2.45) is 0 Å². The summed E-state index contributed by atoms with van der Waals surface area (Å²) in [4.78, 5) is 26.8. The number of ketones is 1. The maximum atomic E-state index is 13.2. The number of hydrogen-bond donors (Lipinski definition) is 1. The Kier molecular flexibility index (Phi) is 25.7. The maximum Gasteiger partial charge on any atom is 0.207 e. The summed E-state index contributed by atoms with van der Waals surface area (Å²) in [7, 11) is 1.82. The van der Waals surface area contributed by atoms with E-state index in [1.807, 2.05) is 39.6 Å². The molecule has 1 unspecified atom stereocenters. The molecule has 1 amide bonds. The summed E-state index contributed by atoms with van der Waals surface area (Å²) in [5.41, 5.74) is -0.466. The zero-order valence-corrected chi connectivity index (χ0v) is 28.7. The van der Waals surface area contributed by atoms with Crippen LogP contribution in [0, 0.1) is 12.3 Å². The number of hydrogen-bond acceptors (Lipinski definition) is 3. The van der Waals surface area contributed by atoms with E-state index in [0.717, 1.165) is 25.2 Å². The summed E-state index contributed by atoms with van der Waals surface area (Å²) in [5, 5.41) is 3.12. The predicted molar refractivity (Wildman–Crippen MR) is 90.2 cm³/mol. The Morgan fingerprint density at radius 2 is 1.73 bits per heavy atom. The fourth-order valence-corrected chi connectivity index (χ4v) is 3.56. The first kappa shape index (κ1) is 36.9. The van der Waals surface area contributed by atoms with Crippen LogP contribution in [0.2, 0.25) is 0 Å². The van der Waals surface area contributed by atoms with Gasteiger partial charge in [0.25, 0.3) is 0 Å². The van der Waals surface area contributed by atoms with Crippen molar-refractivity contribution in [3.05, 3.63) is 12.3 Å². The molecule has 0 heterocycles. The molecule has 0 aromatic heterocycles. The topological polar surface area (TPSA) is 49.4 Å². The molecule has 8 heteroatoms. The molecule has 2 atom stereocenters. The third-order valence-electron chi connectivity index (χ3n) is 4.41. The zero-order chi connectivity index (χ0) is 16.9. The normalized spacial score (nSPS) is 17.6. The van der Waals surface area contributed by atoms with Crippen LogP contribution in [-0.4, -0.2) is 41.3 Å². The molecule has 0 saturated heterocycles. The van der Waals surface area contributed by atoms with Gasteiger partial charge in [0.2, 0.25) is 5.91 Å². The number of Topliss-reactive ketones (excluding diaryl/α,β-unsaturated/α-hetero) is 1. The van der Waals surface area contributed by atoms with Crippen molar-refractivity contribution in [3.63, 3.8) is 0 Å². The molecular weight excluding hydrogens is 632 g/mol. The van der Waals surface area contributed by atoms with Crippen molar-refractivity contribution in [1.82, 2.24) is 10.2 Å². The van der Waals surface area contributed by atoms with Crippen molar-refractivity contribution in [2.75, 3.05) is 7.05 Å². The molecule has 1 aliphatic carbocycles. The van der Waals surface area contributed by atoms with Gasteiger partial charge in [-0.25, -0.2) is 0 Å². The summed E-state index contributed by atoms with van der Waals surface area (Å²) < 4.78 is 0. The molecule has 1 fully saturated rings. The number of amides is 1. The largest absolute Gasteiger partial charge is 0.365 e. The van der Waals surface area contributed by atoms with Crippen LogP contribution in [0.25, 0.3) is 0 Å². The van der Waals surface area contributed by atoms with Crippen molar-refractivity contribution in [3.8, 4) is 0 Å². The van der Waals surface area contributed by atoms with Crippen LogP contribution in [0.1, 0.15) is 66.7 Å². The van der Waals surface area contributed by atoms with Crippen LogP contribution in [0.3, 0.4) is 0 Å². The third kappa shape index (κ3) is 11.8. The third-order valence-corrected chi connectivity index (χ3v) is 4.41. The standard InChI is InChI=1S/C18H32N2O2.4Y/c1-13(2)16(19-6)17(22)20(15-10-8-7-9-11-15)18(4,5)12-14(3)21;;;;/h10,15-16,19H,7-9,11-12H2,1-6H3;;;;/q-2;;;;/t15?,16-;;;;/m0..../s1. The van der Waals surface area contributed by atoms with Gasteiger partial charge in [0, 0.05) is 143 Å². The molecule has 0 aliphatic heterocycles. The molecule has 0 aromatic carbocycles. The Morgan fingerprint density at radius 1 is 1.19 bits per heavy atom. The van der Waals surface area contributed by atoms with Gasteiger partial charge < -0.3 is 16.6 Å². The van der Waals surface area contributed by atoms with Crippen molar-refractivity contribution in [1.29, 1.82) is 0 Å². The van der Waals surface area contributed by atoms with Gasteiger partial charge in [-0.3, -0.25) is 15.5 Å². The molecule has 1 rings (SSSR count). The molecule has 4 radical (unpaired) electrons. The Labute approximate surface area is 261 Å². The smallest absolute Gasteiger partial charge is 0.207 e. The van der Waals surface area contributed by atoms with Gasteiger partial charge in [-0.05, 0) is 33.9 Å². The van der Waals surface area contributed by atoms with Gasteiger partial charge in [0.05, 0.1) is 0 Å². The first-order valence-electron chi connectivity index (χ1n) is 8.34. The Morgan fingerprint density at radius 3 is 2.08 bits per heavy atom. The summed E-state index contributed by atoms with van der Waals surface area (Å²) in [6, 6.07) is -0.160. The molecule has 1 N–H and O–H groups in total. The minimum atomic E-state index is -0.466. The van der Waals surface area contributed by atoms with Gasteiger partial charge >= 0.3 is 0 Å². The Balaban J connectivity index is -0.000000605.